The van der Waals surface area contributed by atoms with Crippen molar-refractivity contribution in [3.05, 3.63) is 36.7 Å². The summed E-state index contributed by atoms with van der Waals surface area (Å²) >= 11 is 0. The van der Waals surface area contributed by atoms with Gasteiger partial charge in [-0.05, 0) is 12.1 Å². The molecule has 2 aromatic heterocycles. The summed E-state index contributed by atoms with van der Waals surface area (Å²) in [7, 11) is 1.66. The number of aromatic amines is 1. The van der Waals surface area contributed by atoms with Crippen molar-refractivity contribution in [3.8, 4) is 5.75 Å². The minimum Gasteiger partial charge on any atom is -0.497 e. The third kappa shape index (κ3) is 2.04. The lowest BCUT2D eigenvalue weighted by Crippen LogP contribution is -1.99. The van der Waals surface area contributed by atoms with Crippen LogP contribution in [0.25, 0.3) is 11.0 Å². The Bertz CT molecular complexity index is 644. The number of fused-ring (bicyclic) bond motifs is 1. The first-order valence-corrected chi connectivity index (χ1v) is 5.70. The summed E-state index contributed by atoms with van der Waals surface area (Å²) in [6.07, 6.45) is 4.21. The molecule has 0 spiro atoms. The van der Waals surface area contributed by atoms with Crippen LogP contribution in [-0.2, 0) is 13.0 Å². The fourth-order valence-electron chi connectivity index (χ4n) is 1.86. The monoisotopic (exact) mass is 243 g/mol. The van der Waals surface area contributed by atoms with Crippen molar-refractivity contribution in [1.29, 1.82) is 0 Å². The molecular formula is C12H13N5O. The predicted molar refractivity (Wildman–Crippen MR) is 66.4 cm³/mol. The van der Waals surface area contributed by atoms with Crippen molar-refractivity contribution in [2.24, 2.45) is 0 Å². The van der Waals surface area contributed by atoms with Gasteiger partial charge < -0.3 is 14.3 Å². The number of imidazole rings is 1. The van der Waals surface area contributed by atoms with E-state index in [1.165, 1.54) is 0 Å². The maximum atomic E-state index is 5.18. The van der Waals surface area contributed by atoms with E-state index in [1.807, 2.05) is 22.8 Å². The van der Waals surface area contributed by atoms with Crippen LogP contribution in [0.3, 0.4) is 0 Å². The number of ether oxygens (including phenoxy) is 1. The molecule has 0 aliphatic heterocycles. The molecule has 1 aromatic carbocycles. The largest absolute Gasteiger partial charge is 0.497 e. The van der Waals surface area contributed by atoms with Crippen LogP contribution in [0.15, 0.2) is 30.9 Å². The van der Waals surface area contributed by atoms with Crippen LogP contribution >= 0.6 is 0 Å². The Kier molecular flexibility index (Phi) is 2.68. The quantitative estimate of drug-likeness (QED) is 0.752. The lowest BCUT2D eigenvalue weighted by Gasteiger charge is -1.97. The molecule has 3 rings (SSSR count). The number of benzene rings is 1. The topological polar surface area (TPSA) is 68.6 Å². The standard InChI is InChI=1S/C12H13N5O/c1-18-9-2-3-10-11(6-9)16-12(15-10)4-5-17-7-13-14-8-17/h2-3,6-8H,4-5H2,1H3,(H,15,16). The van der Waals surface area contributed by atoms with Gasteiger partial charge >= 0.3 is 0 Å². The highest BCUT2D eigenvalue weighted by molar-refractivity contribution is 5.76. The number of methoxy groups -OCH3 is 1. The minimum absolute atomic E-state index is 0.809. The number of nitrogens with one attached hydrogen (secondary N) is 1. The van der Waals surface area contributed by atoms with Gasteiger partial charge in [-0.15, -0.1) is 10.2 Å². The van der Waals surface area contributed by atoms with Crippen LogP contribution in [0.2, 0.25) is 0 Å². The molecule has 0 amide bonds. The second-order valence-corrected chi connectivity index (χ2v) is 4.02. The van der Waals surface area contributed by atoms with E-state index in [0.29, 0.717) is 0 Å². The Morgan fingerprint density at radius 1 is 1.28 bits per heavy atom. The van der Waals surface area contributed by atoms with Crippen molar-refractivity contribution < 1.29 is 4.74 Å². The van der Waals surface area contributed by atoms with Gasteiger partial charge in [0.1, 0.15) is 24.2 Å². The Hall–Kier alpha value is -2.37. The van der Waals surface area contributed by atoms with E-state index in [4.69, 9.17) is 4.74 Å². The first-order valence-electron chi connectivity index (χ1n) is 5.70. The molecule has 0 aliphatic carbocycles. The summed E-state index contributed by atoms with van der Waals surface area (Å²) in [6.45, 7) is 0.809. The van der Waals surface area contributed by atoms with Crippen LogP contribution in [-0.4, -0.2) is 31.8 Å². The molecule has 18 heavy (non-hydrogen) atoms. The summed E-state index contributed by atoms with van der Waals surface area (Å²) in [6, 6.07) is 5.81. The van der Waals surface area contributed by atoms with E-state index >= 15 is 0 Å². The Balaban J connectivity index is 1.80. The van der Waals surface area contributed by atoms with Crippen LogP contribution < -0.4 is 4.74 Å². The van der Waals surface area contributed by atoms with E-state index in [9.17, 15) is 0 Å². The number of hydrogen-bond acceptors (Lipinski definition) is 4. The molecule has 92 valence electrons. The van der Waals surface area contributed by atoms with Crippen molar-refractivity contribution in [1.82, 2.24) is 24.7 Å². The number of nitrogens with zero attached hydrogens (tertiary/aromatic N) is 4. The first-order chi connectivity index (χ1) is 8.85. The van der Waals surface area contributed by atoms with E-state index in [1.54, 1.807) is 19.8 Å². The van der Waals surface area contributed by atoms with E-state index in [-0.39, 0.29) is 0 Å². The second kappa shape index (κ2) is 4.48. The molecule has 0 unspecified atom stereocenters. The van der Waals surface area contributed by atoms with Gasteiger partial charge in [0.2, 0.25) is 0 Å². The zero-order valence-corrected chi connectivity index (χ0v) is 10.00. The highest BCUT2D eigenvalue weighted by atomic mass is 16.5. The summed E-state index contributed by atoms with van der Waals surface area (Å²) < 4.78 is 7.11. The Morgan fingerprint density at radius 2 is 2.11 bits per heavy atom. The lowest BCUT2D eigenvalue weighted by atomic mass is 10.3. The molecule has 0 atom stereocenters. The maximum absolute atomic E-state index is 5.18. The molecule has 6 heteroatoms. The van der Waals surface area contributed by atoms with E-state index in [2.05, 4.69) is 20.2 Å². The molecule has 3 aromatic rings. The number of rotatable bonds is 4. The molecule has 0 aliphatic rings. The van der Waals surface area contributed by atoms with Gasteiger partial charge in [0.05, 0.1) is 18.1 Å². The zero-order valence-electron chi connectivity index (χ0n) is 10.00. The van der Waals surface area contributed by atoms with E-state index in [0.717, 1.165) is 35.6 Å². The minimum atomic E-state index is 0.809. The summed E-state index contributed by atoms with van der Waals surface area (Å²) in [5.41, 5.74) is 1.95. The van der Waals surface area contributed by atoms with Crippen LogP contribution in [0.5, 0.6) is 5.75 Å². The molecule has 0 saturated heterocycles. The van der Waals surface area contributed by atoms with Crippen molar-refractivity contribution >= 4 is 11.0 Å². The van der Waals surface area contributed by atoms with Crippen molar-refractivity contribution in [2.45, 2.75) is 13.0 Å². The number of hydrogen-bond donors (Lipinski definition) is 1. The fourth-order valence-corrected chi connectivity index (χ4v) is 1.86. The highest BCUT2D eigenvalue weighted by Crippen LogP contribution is 2.18. The smallest absolute Gasteiger partial charge is 0.121 e. The normalized spacial score (nSPS) is 10.9. The lowest BCUT2D eigenvalue weighted by molar-refractivity contribution is 0.415. The second-order valence-electron chi connectivity index (χ2n) is 4.02. The third-order valence-electron chi connectivity index (χ3n) is 2.81. The van der Waals surface area contributed by atoms with Gasteiger partial charge in [0.25, 0.3) is 0 Å². The number of H-pyrrole nitrogens is 1. The average molecular weight is 243 g/mol. The predicted octanol–water partition coefficient (Wildman–Crippen LogP) is 1.41. The van der Waals surface area contributed by atoms with Gasteiger partial charge in [0, 0.05) is 19.0 Å². The van der Waals surface area contributed by atoms with Gasteiger partial charge in [-0.3, -0.25) is 0 Å². The van der Waals surface area contributed by atoms with Crippen LogP contribution in [0, 0.1) is 0 Å². The SMILES string of the molecule is COc1ccc2nc(CCn3cnnc3)[nH]c2c1. The Labute approximate surface area is 104 Å². The summed E-state index contributed by atoms with van der Waals surface area (Å²) in [5.74, 6) is 1.78. The van der Waals surface area contributed by atoms with E-state index < -0.39 is 0 Å². The highest BCUT2D eigenvalue weighted by Gasteiger charge is 2.04. The van der Waals surface area contributed by atoms with Crippen molar-refractivity contribution in [3.63, 3.8) is 0 Å². The van der Waals surface area contributed by atoms with Gasteiger partial charge in [0.15, 0.2) is 0 Å². The molecule has 0 saturated carbocycles. The number of aryl methyl sites for hydroxylation is 2. The molecule has 0 bridgehead atoms. The third-order valence-corrected chi connectivity index (χ3v) is 2.81. The molecule has 2 heterocycles. The molecule has 0 radical (unpaired) electrons. The zero-order chi connectivity index (χ0) is 12.4. The first kappa shape index (κ1) is 10.8. The van der Waals surface area contributed by atoms with Crippen LogP contribution in [0.1, 0.15) is 5.82 Å². The molecular weight excluding hydrogens is 230 g/mol. The average Bonchev–Trinajstić information content (AvgIpc) is 3.04. The summed E-state index contributed by atoms with van der Waals surface area (Å²) in [5, 5.41) is 7.53. The maximum Gasteiger partial charge on any atom is 0.121 e. The fraction of sp³-hybridized carbons (Fsp3) is 0.250. The van der Waals surface area contributed by atoms with Crippen LogP contribution in [0.4, 0.5) is 0 Å². The Morgan fingerprint density at radius 3 is 2.89 bits per heavy atom. The van der Waals surface area contributed by atoms with Gasteiger partial charge in [-0.25, -0.2) is 4.98 Å². The molecule has 6 nitrogen and oxygen atoms in total. The number of aromatic nitrogens is 5. The van der Waals surface area contributed by atoms with Crippen molar-refractivity contribution in [2.75, 3.05) is 7.11 Å². The molecule has 0 fully saturated rings. The van der Waals surface area contributed by atoms with Gasteiger partial charge in [-0.2, -0.15) is 0 Å². The molecule has 1 N–H and O–H groups in total. The summed E-state index contributed by atoms with van der Waals surface area (Å²) in [4.78, 5) is 7.81. The van der Waals surface area contributed by atoms with Gasteiger partial charge in [-0.1, -0.05) is 0 Å².